The standard InChI is InChI=1S/C30H33Cl2N5O5/c1-19-6-4-7-22(37(38)39)30(19)34-26-15-23-20(17-33-26)14-21(18-36(23)9-5-8-35-10-12-42-13-11-35)27-28(31)24(40-2)16-25(41-3)29(27)32/h4,6-7,14-17H,5,8-13,18H2,1-3H3,(H,33,34). The summed E-state index contributed by atoms with van der Waals surface area (Å²) in [5.41, 5.74) is 4.55. The molecule has 3 heterocycles. The van der Waals surface area contributed by atoms with Crippen molar-refractivity contribution in [1.29, 1.82) is 0 Å². The number of nitrogens with one attached hydrogen (secondary N) is 1. The molecule has 5 rings (SSSR count). The lowest BCUT2D eigenvalue weighted by molar-refractivity contribution is -0.384. The Morgan fingerprint density at radius 2 is 1.81 bits per heavy atom. The summed E-state index contributed by atoms with van der Waals surface area (Å²) in [7, 11) is 3.11. The predicted molar refractivity (Wildman–Crippen MR) is 167 cm³/mol. The van der Waals surface area contributed by atoms with Crippen LogP contribution >= 0.6 is 23.2 Å². The summed E-state index contributed by atoms with van der Waals surface area (Å²) >= 11 is 13.6. The second kappa shape index (κ2) is 13.2. The monoisotopic (exact) mass is 613 g/mol. The van der Waals surface area contributed by atoms with E-state index in [4.69, 9.17) is 37.4 Å². The van der Waals surface area contributed by atoms with Crippen LogP contribution in [0.15, 0.2) is 36.5 Å². The van der Waals surface area contributed by atoms with E-state index in [1.165, 1.54) is 6.07 Å². The van der Waals surface area contributed by atoms with E-state index in [0.717, 1.165) is 68.2 Å². The van der Waals surface area contributed by atoms with Crippen molar-refractivity contribution < 1.29 is 19.1 Å². The van der Waals surface area contributed by atoms with Gasteiger partial charge in [0.1, 0.15) is 23.0 Å². The summed E-state index contributed by atoms with van der Waals surface area (Å²) in [5.74, 6) is 1.45. The number of nitro groups is 1. The zero-order chi connectivity index (χ0) is 29.8. The molecule has 1 fully saturated rings. The minimum absolute atomic E-state index is 0.00433. The van der Waals surface area contributed by atoms with Gasteiger partial charge < -0.3 is 24.4 Å². The average Bonchev–Trinajstić information content (AvgIpc) is 2.99. The summed E-state index contributed by atoms with van der Waals surface area (Å²) in [5, 5.41) is 15.7. The molecule has 2 aliphatic heterocycles. The highest BCUT2D eigenvalue weighted by molar-refractivity contribution is 6.39. The second-order valence-corrected chi connectivity index (χ2v) is 10.9. The molecular formula is C30H33Cl2N5O5. The van der Waals surface area contributed by atoms with Crippen LogP contribution in [0.4, 0.5) is 22.9 Å². The molecule has 0 amide bonds. The number of aromatic nitrogens is 1. The van der Waals surface area contributed by atoms with E-state index in [-0.39, 0.29) is 5.69 Å². The van der Waals surface area contributed by atoms with Gasteiger partial charge in [0.25, 0.3) is 5.69 Å². The summed E-state index contributed by atoms with van der Waals surface area (Å²) < 4.78 is 16.5. The third kappa shape index (κ3) is 6.27. The number of rotatable bonds is 10. The summed E-state index contributed by atoms with van der Waals surface area (Å²) in [4.78, 5) is 20.6. The van der Waals surface area contributed by atoms with Crippen LogP contribution in [0.3, 0.4) is 0 Å². The first-order chi connectivity index (χ1) is 20.3. The molecule has 1 aromatic heterocycles. The Kier molecular flexibility index (Phi) is 9.37. The Morgan fingerprint density at radius 3 is 2.48 bits per heavy atom. The second-order valence-electron chi connectivity index (χ2n) is 10.2. The number of halogens is 2. The van der Waals surface area contributed by atoms with Crippen molar-refractivity contribution in [2.24, 2.45) is 0 Å². The lowest BCUT2D eigenvalue weighted by atomic mass is 9.97. The van der Waals surface area contributed by atoms with Gasteiger partial charge in [0.2, 0.25) is 0 Å². The lowest BCUT2D eigenvalue weighted by Gasteiger charge is -2.34. The molecule has 1 N–H and O–H groups in total. The van der Waals surface area contributed by atoms with E-state index in [0.29, 0.717) is 45.2 Å². The number of nitro benzene ring substituents is 1. The summed E-state index contributed by atoms with van der Waals surface area (Å²) in [6.07, 6.45) is 4.70. The van der Waals surface area contributed by atoms with Crippen LogP contribution in [0, 0.1) is 17.0 Å². The van der Waals surface area contributed by atoms with Gasteiger partial charge >= 0.3 is 0 Å². The summed E-state index contributed by atoms with van der Waals surface area (Å²) in [6.45, 7) is 7.39. The highest BCUT2D eigenvalue weighted by Gasteiger charge is 2.27. The molecule has 2 aliphatic rings. The van der Waals surface area contributed by atoms with Crippen LogP contribution in [-0.4, -0.2) is 75.0 Å². The predicted octanol–water partition coefficient (Wildman–Crippen LogP) is 6.45. The molecule has 0 bridgehead atoms. The van der Waals surface area contributed by atoms with Gasteiger partial charge in [-0.15, -0.1) is 0 Å². The molecule has 42 heavy (non-hydrogen) atoms. The Bertz CT molecular complexity index is 1480. The molecule has 10 nitrogen and oxygen atoms in total. The van der Waals surface area contributed by atoms with Crippen LogP contribution < -0.4 is 19.7 Å². The number of anilines is 3. The molecule has 222 valence electrons. The van der Waals surface area contributed by atoms with Gasteiger partial charge in [0.05, 0.1) is 42.4 Å². The first-order valence-corrected chi connectivity index (χ1v) is 14.4. The number of hydrogen-bond acceptors (Lipinski definition) is 9. The Hall–Kier alpha value is -3.57. The number of pyridine rings is 1. The third-order valence-electron chi connectivity index (χ3n) is 7.54. The SMILES string of the molecule is COc1cc(OC)c(Cl)c(C2=Cc3cnc(Nc4c(C)cccc4[N+](=O)[O-])cc3N(CCCN3CCOCC3)C2)c1Cl. The first kappa shape index (κ1) is 29.9. The van der Waals surface area contributed by atoms with Crippen molar-refractivity contribution in [1.82, 2.24) is 9.88 Å². The van der Waals surface area contributed by atoms with Gasteiger partial charge in [-0.1, -0.05) is 35.3 Å². The van der Waals surface area contributed by atoms with Crippen LogP contribution in [0.2, 0.25) is 10.0 Å². The number of fused-ring (bicyclic) bond motifs is 1. The van der Waals surface area contributed by atoms with Crippen molar-refractivity contribution in [2.45, 2.75) is 13.3 Å². The van der Waals surface area contributed by atoms with Crippen LogP contribution in [0.25, 0.3) is 11.6 Å². The number of hydrogen-bond donors (Lipinski definition) is 1. The topological polar surface area (TPSA) is 102 Å². The molecule has 0 atom stereocenters. The fraction of sp³-hybridized carbons (Fsp3) is 0.367. The average molecular weight is 615 g/mol. The first-order valence-electron chi connectivity index (χ1n) is 13.7. The summed E-state index contributed by atoms with van der Waals surface area (Å²) in [6, 6.07) is 8.59. The van der Waals surface area contributed by atoms with Crippen LogP contribution in [-0.2, 0) is 4.74 Å². The van der Waals surface area contributed by atoms with Gasteiger partial charge in [-0.3, -0.25) is 15.0 Å². The van der Waals surface area contributed by atoms with Crippen molar-refractivity contribution in [3.8, 4) is 11.5 Å². The highest BCUT2D eigenvalue weighted by Crippen LogP contribution is 2.46. The molecule has 0 saturated carbocycles. The Labute approximate surface area is 254 Å². The zero-order valence-electron chi connectivity index (χ0n) is 23.8. The maximum atomic E-state index is 11.7. The normalized spacial score (nSPS) is 15.2. The zero-order valence-corrected chi connectivity index (χ0v) is 25.3. The molecule has 2 aromatic carbocycles. The molecule has 3 aromatic rings. The van der Waals surface area contributed by atoms with Gasteiger partial charge in [0.15, 0.2) is 0 Å². The van der Waals surface area contributed by atoms with Gasteiger partial charge in [-0.25, -0.2) is 4.98 Å². The van der Waals surface area contributed by atoms with E-state index in [1.54, 1.807) is 32.5 Å². The van der Waals surface area contributed by atoms with Crippen molar-refractivity contribution >= 4 is 57.7 Å². The molecule has 0 spiro atoms. The van der Waals surface area contributed by atoms with Gasteiger partial charge in [-0.2, -0.15) is 0 Å². The molecule has 0 aliphatic carbocycles. The number of morpholine rings is 1. The number of para-hydroxylation sites is 1. The Morgan fingerprint density at radius 1 is 1.10 bits per heavy atom. The van der Waals surface area contributed by atoms with Gasteiger partial charge in [-0.05, 0) is 30.6 Å². The quantitative estimate of drug-likeness (QED) is 0.204. The molecule has 0 radical (unpaired) electrons. The Balaban J connectivity index is 1.52. The molecular weight excluding hydrogens is 581 g/mol. The number of methoxy groups -OCH3 is 2. The largest absolute Gasteiger partial charge is 0.495 e. The third-order valence-corrected chi connectivity index (χ3v) is 8.30. The van der Waals surface area contributed by atoms with Crippen molar-refractivity contribution in [2.75, 3.05) is 70.4 Å². The number of benzene rings is 2. The minimum atomic E-state index is -0.392. The molecule has 1 saturated heterocycles. The van der Waals surface area contributed by atoms with Crippen LogP contribution in [0.5, 0.6) is 11.5 Å². The number of aryl methyl sites for hydroxylation is 1. The number of nitrogens with zero attached hydrogens (tertiary/aromatic N) is 4. The van der Waals surface area contributed by atoms with Crippen molar-refractivity contribution in [3.05, 3.63) is 73.4 Å². The van der Waals surface area contributed by atoms with Gasteiger partial charge in [0, 0.05) is 73.9 Å². The van der Waals surface area contributed by atoms with E-state index in [9.17, 15) is 10.1 Å². The maximum absolute atomic E-state index is 11.7. The van der Waals surface area contributed by atoms with E-state index in [2.05, 4.69) is 20.1 Å². The van der Waals surface area contributed by atoms with E-state index >= 15 is 0 Å². The fourth-order valence-electron chi connectivity index (χ4n) is 5.36. The smallest absolute Gasteiger partial charge is 0.292 e. The minimum Gasteiger partial charge on any atom is -0.495 e. The fourth-order valence-corrected chi connectivity index (χ4v) is 6.10. The molecule has 0 unspecified atom stereocenters. The maximum Gasteiger partial charge on any atom is 0.292 e. The van der Waals surface area contributed by atoms with Crippen LogP contribution in [0.1, 0.15) is 23.1 Å². The number of ether oxygens (including phenoxy) is 3. The highest BCUT2D eigenvalue weighted by atomic mass is 35.5. The van der Waals surface area contributed by atoms with E-state index < -0.39 is 4.92 Å². The van der Waals surface area contributed by atoms with E-state index in [1.807, 2.05) is 25.1 Å². The molecule has 12 heteroatoms. The van der Waals surface area contributed by atoms with Crippen molar-refractivity contribution in [3.63, 3.8) is 0 Å². The lowest BCUT2D eigenvalue weighted by Crippen LogP contribution is -2.38.